The minimum atomic E-state index is -1.49. The van der Waals surface area contributed by atoms with Crippen LogP contribution >= 0.6 is 0 Å². The van der Waals surface area contributed by atoms with Crippen LogP contribution in [0.3, 0.4) is 0 Å². The lowest BCUT2D eigenvalue weighted by Gasteiger charge is -2.36. The molecule has 7 nitrogen and oxygen atoms in total. The first-order valence-corrected chi connectivity index (χ1v) is 7.29. The quantitative estimate of drug-likeness (QED) is 0.601. The number of ketones is 1. The molecule has 124 valence electrons. The van der Waals surface area contributed by atoms with Gasteiger partial charge >= 0.3 is 5.97 Å². The lowest BCUT2D eigenvalue weighted by molar-refractivity contribution is -0.0278. The van der Waals surface area contributed by atoms with Gasteiger partial charge in [0.05, 0.1) is 18.8 Å². The molecule has 1 aliphatic rings. The van der Waals surface area contributed by atoms with E-state index in [-0.39, 0.29) is 17.9 Å². The molecular formula is C17H15NO6. The monoisotopic (exact) mass is 329 g/mol. The predicted molar refractivity (Wildman–Crippen MR) is 83.0 cm³/mol. The van der Waals surface area contributed by atoms with Crippen molar-refractivity contribution in [2.45, 2.75) is 5.54 Å². The van der Waals surface area contributed by atoms with Crippen LogP contribution in [0.1, 0.15) is 26.4 Å². The first-order chi connectivity index (χ1) is 11.5. The second-order valence-electron chi connectivity index (χ2n) is 5.58. The highest BCUT2D eigenvalue weighted by Crippen LogP contribution is 2.23. The summed E-state index contributed by atoms with van der Waals surface area (Å²) in [7, 11) is 0. The van der Waals surface area contributed by atoms with Crippen LogP contribution in [-0.2, 0) is 10.3 Å². The number of benzene rings is 1. The van der Waals surface area contributed by atoms with Gasteiger partial charge in [-0.2, -0.15) is 0 Å². The number of aliphatic hydroxyl groups excluding tert-OH is 2. The van der Waals surface area contributed by atoms with E-state index in [1.165, 1.54) is 12.1 Å². The van der Waals surface area contributed by atoms with Crippen LogP contribution in [0, 0.1) is 0 Å². The third-order valence-corrected chi connectivity index (χ3v) is 4.11. The molecule has 0 amide bonds. The third-order valence-electron chi connectivity index (χ3n) is 4.11. The Morgan fingerprint density at radius 3 is 2.38 bits per heavy atom. The van der Waals surface area contributed by atoms with Crippen LogP contribution < -0.4 is 5.56 Å². The minimum absolute atomic E-state index is 0.112. The first kappa shape index (κ1) is 16.1. The summed E-state index contributed by atoms with van der Waals surface area (Å²) in [5.74, 6) is -1.25. The molecule has 0 spiro atoms. The number of hydrogen-bond donors (Lipinski definition) is 2. The van der Waals surface area contributed by atoms with Gasteiger partial charge in [-0.3, -0.25) is 14.2 Å². The van der Waals surface area contributed by atoms with Crippen molar-refractivity contribution >= 4 is 11.8 Å². The van der Waals surface area contributed by atoms with Gasteiger partial charge in [0.15, 0.2) is 5.78 Å². The summed E-state index contributed by atoms with van der Waals surface area (Å²) in [6.45, 7) is -1.59. The Morgan fingerprint density at radius 1 is 1.08 bits per heavy atom. The Hall–Kier alpha value is -2.77. The smallest absolute Gasteiger partial charge is 0.355 e. The van der Waals surface area contributed by atoms with E-state index in [4.69, 9.17) is 4.74 Å². The summed E-state index contributed by atoms with van der Waals surface area (Å²) < 4.78 is 5.91. The van der Waals surface area contributed by atoms with Crippen molar-refractivity contribution in [1.82, 2.24) is 4.57 Å². The number of aliphatic hydroxyl groups is 2. The molecular weight excluding hydrogens is 314 g/mol. The summed E-state index contributed by atoms with van der Waals surface area (Å²) >= 11 is 0. The van der Waals surface area contributed by atoms with E-state index in [1.54, 1.807) is 30.3 Å². The number of nitrogens with zero attached hydrogens (tertiary/aromatic N) is 1. The van der Waals surface area contributed by atoms with E-state index in [1.807, 2.05) is 0 Å². The molecule has 0 aliphatic carbocycles. The molecule has 0 saturated carbocycles. The molecule has 0 unspecified atom stereocenters. The summed E-state index contributed by atoms with van der Waals surface area (Å²) in [4.78, 5) is 37.3. The molecule has 1 aromatic carbocycles. The molecule has 1 aliphatic heterocycles. The molecule has 2 heterocycles. The zero-order valence-electron chi connectivity index (χ0n) is 12.6. The maximum atomic E-state index is 12.8. The van der Waals surface area contributed by atoms with Crippen LogP contribution in [0.2, 0.25) is 0 Å². The SMILES string of the molecule is O=C(c1ccccc1)c1ccc2n(c1=O)C(CO)(CO)COC2=O. The number of cyclic esters (lactones) is 1. The van der Waals surface area contributed by atoms with Gasteiger partial charge in [-0.15, -0.1) is 0 Å². The van der Waals surface area contributed by atoms with Gasteiger partial charge in [-0.05, 0) is 12.1 Å². The molecule has 1 aromatic heterocycles. The van der Waals surface area contributed by atoms with E-state index in [2.05, 4.69) is 0 Å². The standard InChI is InChI=1S/C17H15NO6/c19-8-17(9-20)10-24-16(23)13-7-6-12(15(22)18(13)17)14(21)11-4-2-1-3-5-11/h1-7,19-20H,8-10H2. The van der Waals surface area contributed by atoms with Crippen LogP contribution in [-0.4, -0.2) is 46.4 Å². The first-order valence-electron chi connectivity index (χ1n) is 7.29. The summed E-state index contributed by atoms with van der Waals surface area (Å²) in [6, 6.07) is 10.8. The second kappa shape index (κ2) is 6.03. The Labute approximate surface area is 136 Å². The highest BCUT2D eigenvalue weighted by atomic mass is 16.5. The van der Waals surface area contributed by atoms with E-state index >= 15 is 0 Å². The highest BCUT2D eigenvalue weighted by Gasteiger charge is 2.41. The zero-order chi connectivity index (χ0) is 17.3. The molecule has 24 heavy (non-hydrogen) atoms. The van der Waals surface area contributed by atoms with Gasteiger partial charge < -0.3 is 14.9 Å². The average Bonchev–Trinajstić information content (AvgIpc) is 2.63. The maximum Gasteiger partial charge on any atom is 0.355 e. The number of rotatable bonds is 4. The van der Waals surface area contributed by atoms with Gasteiger partial charge in [0, 0.05) is 5.56 Å². The molecule has 0 fully saturated rings. The zero-order valence-corrected chi connectivity index (χ0v) is 12.6. The van der Waals surface area contributed by atoms with E-state index in [9.17, 15) is 24.6 Å². The van der Waals surface area contributed by atoms with Crippen LogP contribution in [0.15, 0.2) is 47.3 Å². The van der Waals surface area contributed by atoms with Gasteiger partial charge in [0.25, 0.3) is 5.56 Å². The van der Waals surface area contributed by atoms with Gasteiger partial charge in [0.1, 0.15) is 17.8 Å². The average molecular weight is 329 g/mol. The van der Waals surface area contributed by atoms with Crippen molar-refractivity contribution in [2.24, 2.45) is 0 Å². The number of hydrogen-bond acceptors (Lipinski definition) is 6. The van der Waals surface area contributed by atoms with Crippen LogP contribution in [0.4, 0.5) is 0 Å². The number of carbonyl (C=O) groups is 2. The Balaban J connectivity index is 2.22. The number of ether oxygens (including phenoxy) is 1. The Morgan fingerprint density at radius 2 is 1.75 bits per heavy atom. The summed E-state index contributed by atoms with van der Waals surface area (Å²) in [5, 5.41) is 19.3. The van der Waals surface area contributed by atoms with E-state index in [0.717, 1.165) is 4.57 Å². The van der Waals surface area contributed by atoms with Crippen molar-refractivity contribution in [3.05, 3.63) is 69.6 Å². The summed E-state index contributed by atoms with van der Waals surface area (Å²) in [6.07, 6.45) is 0. The maximum absolute atomic E-state index is 12.8. The van der Waals surface area contributed by atoms with E-state index < -0.39 is 36.1 Å². The molecule has 0 bridgehead atoms. The fraction of sp³-hybridized carbons (Fsp3) is 0.235. The van der Waals surface area contributed by atoms with Gasteiger partial charge in [-0.25, -0.2) is 4.79 Å². The summed E-state index contributed by atoms with van der Waals surface area (Å²) in [5.41, 5.74) is -2.18. The molecule has 7 heteroatoms. The molecule has 0 radical (unpaired) electrons. The Kier molecular flexibility index (Phi) is 4.04. The second-order valence-corrected chi connectivity index (χ2v) is 5.58. The van der Waals surface area contributed by atoms with Gasteiger partial charge in [-0.1, -0.05) is 30.3 Å². The lowest BCUT2D eigenvalue weighted by Crippen LogP contribution is -2.56. The van der Waals surface area contributed by atoms with Crippen LogP contribution in [0.5, 0.6) is 0 Å². The van der Waals surface area contributed by atoms with Crippen molar-refractivity contribution in [2.75, 3.05) is 19.8 Å². The number of esters is 1. The Bertz CT molecular complexity index is 851. The fourth-order valence-corrected chi connectivity index (χ4v) is 2.71. The largest absolute Gasteiger partial charge is 0.458 e. The molecule has 0 saturated heterocycles. The fourth-order valence-electron chi connectivity index (χ4n) is 2.71. The van der Waals surface area contributed by atoms with Crippen molar-refractivity contribution in [3.63, 3.8) is 0 Å². The predicted octanol–water partition coefficient (Wildman–Crippen LogP) is -0.0704. The number of aromatic nitrogens is 1. The molecule has 3 rings (SSSR count). The van der Waals surface area contributed by atoms with E-state index in [0.29, 0.717) is 5.56 Å². The normalized spacial score (nSPS) is 15.5. The number of fused-ring (bicyclic) bond motifs is 1. The lowest BCUT2D eigenvalue weighted by atomic mass is 9.97. The topological polar surface area (TPSA) is 106 Å². The highest BCUT2D eigenvalue weighted by molar-refractivity contribution is 6.09. The molecule has 2 N–H and O–H groups in total. The van der Waals surface area contributed by atoms with Crippen molar-refractivity contribution < 1.29 is 24.5 Å². The number of carbonyl (C=O) groups excluding carboxylic acids is 2. The molecule has 0 atom stereocenters. The number of pyridine rings is 1. The van der Waals surface area contributed by atoms with Crippen molar-refractivity contribution in [1.29, 1.82) is 0 Å². The molecule has 2 aromatic rings. The van der Waals surface area contributed by atoms with Gasteiger partial charge in [0.2, 0.25) is 0 Å². The minimum Gasteiger partial charge on any atom is -0.458 e. The third kappa shape index (κ3) is 2.34. The van der Waals surface area contributed by atoms with Crippen molar-refractivity contribution in [3.8, 4) is 0 Å². The van der Waals surface area contributed by atoms with Crippen LogP contribution in [0.25, 0.3) is 0 Å².